The minimum Gasteiger partial charge on any atom is -0.378 e. The van der Waals surface area contributed by atoms with Crippen LogP contribution in [0.4, 0.5) is 5.69 Å². The maximum absolute atomic E-state index is 3.49. The van der Waals surface area contributed by atoms with Crippen molar-refractivity contribution in [2.45, 2.75) is 18.4 Å². The van der Waals surface area contributed by atoms with E-state index in [-0.39, 0.29) is 0 Å². The summed E-state index contributed by atoms with van der Waals surface area (Å²) < 4.78 is 0. The molecule has 0 bridgehead atoms. The van der Waals surface area contributed by atoms with Crippen LogP contribution in [0.25, 0.3) is 0 Å². The van der Waals surface area contributed by atoms with Crippen molar-refractivity contribution in [1.29, 1.82) is 0 Å². The van der Waals surface area contributed by atoms with Gasteiger partial charge in [-0.15, -0.1) is 0 Å². The van der Waals surface area contributed by atoms with Gasteiger partial charge in [-0.2, -0.15) is 0 Å². The first-order chi connectivity index (χ1) is 8.53. The second kappa shape index (κ2) is 5.29. The van der Waals surface area contributed by atoms with E-state index in [0.29, 0.717) is 5.54 Å². The highest BCUT2D eigenvalue weighted by Gasteiger charge is 2.35. The first-order valence-corrected chi connectivity index (χ1v) is 6.68. The van der Waals surface area contributed by atoms with Crippen molar-refractivity contribution < 1.29 is 0 Å². The smallest absolute Gasteiger partial charge is 0.0380 e. The topological polar surface area (TPSA) is 18.5 Å². The first-order valence-electron chi connectivity index (χ1n) is 6.68. The molecule has 1 atom stereocenters. The quantitative estimate of drug-likeness (QED) is 0.871. The van der Waals surface area contributed by atoms with E-state index in [1.54, 1.807) is 0 Å². The molecule has 3 heteroatoms. The van der Waals surface area contributed by atoms with Gasteiger partial charge in [0.25, 0.3) is 0 Å². The van der Waals surface area contributed by atoms with E-state index in [4.69, 9.17) is 0 Å². The number of anilines is 1. The summed E-state index contributed by atoms with van der Waals surface area (Å²) in [5.74, 6) is 0. The Labute approximate surface area is 111 Å². The molecule has 1 saturated heterocycles. The number of benzene rings is 1. The van der Waals surface area contributed by atoms with Crippen LogP contribution in [0.1, 0.15) is 12.0 Å². The fraction of sp³-hybridized carbons (Fsp3) is 0.600. The van der Waals surface area contributed by atoms with E-state index in [2.05, 4.69) is 67.6 Å². The van der Waals surface area contributed by atoms with Gasteiger partial charge < -0.3 is 15.1 Å². The SMILES string of the molecule is CN(C)c1ccc(CC2(N(C)C)CCNC2)cc1. The molecule has 1 heterocycles. The standard InChI is InChI=1S/C15H25N3/c1-17(2)14-7-5-13(6-8-14)11-15(18(3)4)9-10-16-12-15/h5-8,16H,9-12H2,1-4H3. The summed E-state index contributed by atoms with van der Waals surface area (Å²) >= 11 is 0. The molecule has 1 aliphatic heterocycles. The molecule has 1 fully saturated rings. The largest absolute Gasteiger partial charge is 0.378 e. The third kappa shape index (κ3) is 2.68. The predicted molar refractivity (Wildman–Crippen MR) is 78.4 cm³/mol. The average Bonchev–Trinajstić information content (AvgIpc) is 2.79. The number of hydrogen-bond donors (Lipinski definition) is 1. The van der Waals surface area contributed by atoms with E-state index >= 15 is 0 Å². The normalized spacial score (nSPS) is 23.6. The molecule has 0 spiro atoms. The molecule has 0 amide bonds. The van der Waals surface area contributed by atoms with Gasteiger partial charge in [0.05, 0.1) is 0 Å². The maximum Gasteiger partial charge on any atom is 0.0380 e. The molecule has 100 valence electrons. The van der Waals surface area contributed by atoms with E-state index < -0.39 is 0 Å². The van der Waals surface area contributed by atoms with Crippen molar-refractivity contribution in [3.05, 3.63) is 29.8 Å². The van der Waals surface area contributed by atoms with Crippen LogP contribution >= 0.6 is 0 Å². The molecule has 0 saturated carbocycles. The van der Waals surface area contributed by atoms with Crippen molar-refractivity contribution in [3.8, 4) is 0 Å². The van der Waals surface area contributed by atoms with Gasteiger partial charge in [-0.3, -0.25) is 0 Å². The minimum atomic E-state index is 0.291. The molecule has 1 aromatic rings. The number of nitrogens with zero attached hydrogens (tertiary/aromatic N) is 2. The number of nitrogens with one attached hydrogen (secondary N) is 1. The lowest BCUT2D eigenvalue weighted by Gasteiger charge is -2.36. The lowest BCUT2D eigenvalue weighted by molar-refractivity contribution is 0.172. The number of rotatable bonds is 4. The maximum atomic E-state index is 3.49. The van der Waals surface area contributed by atoms with Gasteiger partial charge in [0.2, 0.25) is 0 Å². The van der Waals surface area contributed by atoms with Crippen LogP contribution in [0.5, 0.6) is 0 Å². The summed E-state index contributed by atoms with van der Waals surface area (Å²) in [6.07, 6.45) is 2.36. The van der Waals surface area contributed by atoms with Crippen molar-refractivity contribution in [3.63, 3.8) is 0 Å². The summed E-state index contributed by atoms with van der Waals surface area (Å²) in [7, 11) is 8.55. The van der Waals surface area contributed by atoms with Gasteiger partial charge in [-0.1, -0.05) is 12.1 Å². The fourth-order valence-corrected chi connectivity index (χ4v) is 2.71. The van der Waals surface area contributed by atoms with Crippen LogP contribution in [0.3, 0.4) is 0 Å². The van der Waals surface area contributed by atoms with Crippen molar-refractivity contribution in [2.24, 2.45) is 0 Å². The number of likely N-dealkylation sites (N-methyl/N-ethyl adjacent to an activating group) is 1. The Balaban J connectivity index is 2.12. The van der Waals surface area contributed by atoms with E-state index in [9.17, 15) is 0 Å². The van der Waals surface area contributed by atoms with Gasteiger partial charge >= 0.3 is 0 Å². The molecule has 0 aliphatic carbocycles. The summed E-state index contributed by atoms with van der Waals surface area (Å²) in [4.78, 5) is 4.52. The molecule has 1 aliphatic rings. The summed E-state index contributed by atoms with van der Waals surface area (Å²) in [6.45, 7) is 2.23. The third-order valence-electron chi connectivity index (χ3n) is 4.16. The van der Waals surface area contributed by atoms with E-state index in [0.717, 1.165) is 19.5 Å². The van der Waals surface area contributed by atoms with Crippen molar-refractivity contribution in [2.75, 3.05) is 46.2 Å². The molecule has 0 radical (unpaired) electrons. The summed E-state index contributed by atoms with van der Waals surface area (Å²) in [6, 6.07) is 8.94. The zero-order valence-electron chi connectivity index (χ0n) is 12.0. The Bertz CT molecular complexity index is 375. The second-order valence-corrected chi connectivity index (χ2v) is 5.78. The Hall–Kier alpha value is -1.06. The number of hydrogen-bond acceptors (Lipinski definition) is 3. The first kappa shape index (κ1) is 13.4. The van der Waals surface area contributed by atoms with Crippen LogP contribution in [0.2, 0.25) is 0 Å². The minimum absolute atomic E-state index is 0.291. The zero-order chi connectivity index (χ0) is 13.2. The summed E-state index contributed by atoms with van der Waals surface area (Å²) in [5, 5.41) is 3.49. The molecule has 2 rings (SSSR count). The molecular weight excluding hydrogens is 222 g/mol. The van der Waals surface area contributed by atoms with Crippen LogP contribution in [-0.2, 0) is 6.42 Å². The van der Waals surface area contributed by atoms with E-state index in [1.807, 2.05) is 0 Å². The van der Waals surface area contributed by atoms with Crippen molar-refractivity contribution >= 4 is 5.69 Å². The lowest BCUT2D eigenvalue weighted by Crippen LogP contribution is -2.47. The molecule has 1 aromatic carbocycles. The lowest BCUT2D eigenvalue weighted by atomic mass is 9.88. The van der Waals surface area contributed by atoms with Gasteiger partial charge in [-0.25, -0.2) is 0 Å². The van der Waals surface area contributed by atoms with Crippen LogP contribution in [-0.4, -0.2) is 51.7 Å². The molecule has 1 unspecified atom stereocenters. The molecule has 3 nitrogen and oxygen atoms in total. The third-order valence-corrected chi connectivity index (χ3v) is 4.16. The molecule has 1 N–H and O–H groups in total. The van der Waals surface area contributed by atoms with Gasteiger partial charge in [0.1, 0.15) is 0 Å². The van der Waals surface area contributed by atoms with E-state index in [1.165, 1.54) is 17.7 Å². The molecular formula is C15H25N3. The Morgan fingerprint density at radius 1 is 1.11 bits per heavy atom. The summed E-state index contributed by atoms with van der Waals surface area (Å²) in [5.41, 5.74) is 2.99. The fourth-order valence-electron chi connectivity index (χ4n) is 2.71. The monoisotopic (exact) mass is 247 g/mol. The zero-order valence-corrected chi connectivity index (χ0v) is 12.0. The molecule has 18 heavy (non-hydrogen) atoms. The predicted octanol–water partition coefficient (Wildman–Crippen LogP) is 1.59. The van der Waals surface area contributed by atoms with Gasteiger partial charge in [0.15, 0.2) is 0 Å². The van der Waals surface area contributed by atoms with Crippen LogP contribution < -0.4 is 10.2 Å². The van der Waals surface area contributed by atoms with Crippen LogP contribution in [0.15, 0.2) is 24.3 Å². The second-order valence-electron chi connectivity index (χ2n) is 5.78. The highest BCUT2D eigenvalue weighted by molar-refractivity contribution is 5.46. The highest BCUT2D eigenvalue weighted by atomic mass is 15.2. The Kier molecular flexibility index (Phi) is 3.93. The van der Waals surface area contributed by atoms with Crippen molar-refractivity contribution in [1.82, 2.24) is 10.2 Å². The average molecular weight is 247 g/mol. The van der Waals surface area contributed by atoms with Crippen LogP contribution in [0, 0.1) is 0 Å². The van der Waals surface area contributed by atoms with Gasteiger partial charge in [0, 0.05) is 31.9 Å². The Morgan fingerprint density at radius 3 is 2.22 bits per heavy atom. The van der Waals surface area contributed by atoms with Gasteiger partial charge in [-0.05, 0) is 51.2 Å². The molecule has 0 aromatic heterocycles. The highest BCUT2D eigenvalue weighted by Crippen LogP contribution is 2.26. The Morgan fingerprint density at radius 2 is 1.78 bits per heavy atom.